The van der Waals surface area contributed by atoms with Gasteiger partial charge in [-0.15, -0.1) is 5.48 Å². The van der Waals surface area contributed by atoms with Crippen molar-refractivity contribution in [3.8, 4) is 11.5 Å². The van der Waals surface area contributed by atoms with Crippen LogP contribution in [0.2, 0.25) is 0 Å². The van der Waals surface area contributed by atoms with Crippen molar-refractivity contribution in [1.82, 2.24) is 10.4 Å². The Labute approximate surface area is 234 Å². The van der Waals surface area contributed by atoms with E-state index in [9.17, 15) is 19.2 Å². The van der Waals surface area contributed by atoms with Gasteiger partial charge in [-0.05, 0) is 62.7 Å². The van der Waals surface area contributed by atoms with E-state index < -0.39 is 30.1 Å². The molecule has 2 N–H and O–H groups in total. The first-order valence-corrected chi connectivity index (χ1v) is 13.0. The summed E-state index contributed by atoms with van der Waals surface area (Å²) >= 11 is 0. The molecule has 0 fully saturated rings. The zero-order chi connectivity index (χ0) is 29.3. The Hall–Kier alpha value is -3.96. The van der Waals surface area contributed by atoms with Gasteiger partial charge in [0.05, 0.1) is 26.0 Å². The monoisotopic (exact) mass is 558 g/mol. The van der Waals surface area contributed by atoms with Gasteiger partial charge in [0.2, 0.25) is 0 Å². The summed E-state index contributed by atoms with van der Waals surface area (Å²) in [5, 5.41) is 8.69. The Morgan fingerprint density at radius 1 is 0.975 bits per heavy atom. The van der Waals surface area contributed by atoms with Crippen molar-refractivity contribution in [2.75, 3.05) is 34.4 Å². The van der Waals surface area contributed by atoms with E-state index in [0.29, 0.717) is 18.6 Å². The van der Waals surface area contributed by atoms with Gasteiger partial charge in [0, 0.05) is 13.0 Å². The second kappa shape index (κ2) is 17.6. The normalized spacial score (nSPS) is 12.3. The molecule has 0 saturated heterocycles. The molecule has 2 rings (SSSR count). The van der Waals surface area contributed by atoms with Gasteiger partial charge in [0.1, 0.15) is 30.5 Å². The number of nitrogens with zero attached hydrogens (tertiary/aromatic N) is 1. The number of para-hydroxylation sites is 1. The average molecular weight is 559 g/mol. The molecule has 0 radical (unpaired) electrons. The summed E-state index contributed by atoms with van der Waals surface area (Å²) in [7, 11) is 5.33. The van der Waals surface area contributed by atoms with E-state index in [1.807, 2.05) is 67.5 Å². The van der Waals surface area contributed by atoms with Crippen LogP contribution in [0.5, 0.6) is 11.5 Å². The standard InChI is InChI=1S/C29H38N2O9/c1-31(2)18-25(39-28(35)16-17-29(36)40-30-23(19-32)12-15-27(33)34)20-38-26-7-5-4-6-22(26)11-8-21-9-13-24(37-3)14-10-21/h4-7,9-10,13-14,19,23,25,30H,8,11-12,15-18,20H2,1-3H3,(H,33,34)/t23-,25?/m0/s1. The zero-order valence-corrected chi connectivity index (χ0v) is 23.2. The number of nitrogens with one attached hydrogen (secondary N) is 1. The molecule has 1 unspecified atom stereocenters. The number of hydroxylamine groups is 1. The molecule has 0 aliphatic rings. The number of carboxylic acids is 1. The second-order valence-electron chi connectivity index (χ2n) is 9.41. The number of likely N-dealkylation sites (N-methyl/N-ethyl adjacent to an activating group) is 1. The highest BCUT2D eigenvalue weighted by atomic mass is 16.7. The smallest absolute Gasteiger partial charge is 0.325 e. The van der Waals surface area contributed by atoms with Crippen LogP contribution in [0.3, 0.4) is 0 Å². The van der Waals surface area contributed by atoms with E-state index in [0.717, 1.165) is 24.2 Å². The van der Waals surface area contributed by atoms with Gasteiger partial charge in [0.25, 0.3) is 0 Å². The summed E-state index contributed by atoms with van der Waals surface area (Å²) in [5.41, 5.74) is 4.42. The number of aryl methyl sites for hydroxylation is 2. The number of aliphatic carboxylic acids is 1. The fraction of sp³-hybridized carbons (Fsp3) is 0.448. The first kappa shape index (κ1) is 32.3. The van der Waals surface area contributed by atoms with E-state index in [4.69, 9.17) is 24.2 Å². The van der Waals surface area contributed by atoms with E-state index in [2.05, 4.69) is 5.48 Å². The molecule has 218 valence electrons. The van der Waals surface area contributed by atoms with Crippen molar-refractivity contribution in [2.45, 2.75) is 50.7 Å². The van der Waals surface area contributed by atoms with Crippen molar-refractivity contribution in [1.29, 1.82) is 0 Å². The van der Waals surface area contributed by atoms with Gasteiger partial charge >= 0.3 is 17.9 Å². The van der Waals surface area contributed by atoms with Crippen LogP contribution in [0.25, 0.3) is 0 Å². The van der Waals surface area contributed by atoms with Crippen LogP contribution in [0.1, 0.15) is 36.8 Å². The minimum atomic E-state index is -1.07. The Bertz CT molecular complexity index is 1090. The van der Waals surface area contributed by atoms with Gasteiger partial charge in [-0.2, -0.15) is 0 Å². The summed E-state index contributed by atoms with van der Waals surface area (Å²) in [5.74, 6) is -0.931. The van der Waals surface area contributed by atoms with Crippen molar-refractivity contribution in [3.63, 3.8) is 0 Å². The van der Waals surface area contributed by atoms with Gasteiger partial charge in [-0.1, -0.05) is 30.3 Å². The van der Waals surface area contributed by atoms with Crippen LogP contribution in [0, 0.1) is 0 Å². The molecule has 11 nitrogen and oxygen atoms in total. The maximum atomic E-state index is 12.4. The number of methoxy groups -OCH3 is 1. The number of benzene rings is 2. The molecular formula is C29H38N2O9. The maximum absolute atomic E-state index is 12.4. The topological polar surface area (TPSA) is 141 Å². The van der Waals surface area contributed by atoms with Crippen molar-refractivity contribution < 1.29 is 43.3 Å². The quantitative estimate of drug-likeness (QED) is 0.149. The van der Waals surface area contributed by atoms with Gasteiger partial charge < -0.3 is 33.8 Å². The summed E-state index contributed by atoms with van der Waals surface area (Å²) in [6.07, 6.45) is 0.642. The van der Waals surface area contributed by atoms with Crippen LogP contribution >= 0.6 is 0 Å². The number of carbonyl (C=O) groups is 4. The van der Waals surface area contributed by atoms with Crippen LogP contribution in [0.4, 0.5) is 0 Å². The fourth-order valence-electron chi connectivity index (χ4n) is 3.71. The highest BCUT2D eigenvalue weighted by molar-refractivity contribution is 5.77. The number of carbonyl (C=O) groups excluding carboxylic acids is 3. The lowest BCUT2D eigenvalue weighted by Crippen LogP contribution is -2.35. The molecule has 0 heterocycles. The van der Waals surface area contributed by atoms with Crippen LogP contribution in [-0.2, 0) is 41.6 Å². The number of ether oxygens (including phenoxy) is 3. The summed E-state index contributed by atoms with van der Waals surface area (Å²) in [6, 6.07) is 14.7. The molecule has 0 saturated carbocycles. The van der Waals surface area contributed by atoms with Crippen molar-refractivity contribution in [3.05, 3.63) is 59.7 Å². The number of rotatable bonds is 19. The van der Waals surface area contributed by atoms with E-state index in [1.54, 1.807) is 7.11 Å². The fourth-order valence-corrected chi connectivity index (χ4v) is 3.71. The van der Waals surface area contributed by atoms with E-state index in [-0.39, 0.29) is 32.3 Å². The Morgan fingerprint density at radius 2 is 1.68 bits per heavy atom. The third-order valence-corrected chi connectivity index (χ3v) is 5.80. The Morgan fingerprint density at radius 3 is 2.33 bits per heavy atom. The minimum absolute atomic E-state index is 0.0367. The van der Waals surface area contributed by atoms with Gasteiger partial charge in [0.15, 0.2) is 0 Å². The van der Waals surface area contributed by atoms with Crippen molar-refractivity contribution >= 4 is 24.2 Å². The Kier molecular flexibility index (Phi) is 14.2. The molecule has 0 amide bonds. The van der Waals surface area contributed by atoms with Crippen LogP contribution in [0.15, 0.2) is 48.5 Å². The number of hydrogen-bond acceptors (Lipinski definition) is 10. The highest BCUT2D eigenvalue weighted by Gasteiger charge is 2.19. The molecule has 40 heavy (non-hydrogen) atoms. The predicted molar refractivity (Wildman–Crippen MR) is 146 cm³/mol. The maximum Gasteiger partial charge on any atom is 0.325 e. The first-order chi connectivity index (χ1) is 19.2. The van der Waals surface area contributed by atoms with Crippen LogP contribution in [-0.4, -0.2) is 80.7 Å². The predicted octanol–water partition coefficient (Wildman–Crippen LogP) is 2.59. The lowest BCUT2D eigenvalue weighted by atomic mass is 10.0. The lowest BCUT2D eigenvalue weighted by molar-refractivity contribution is -0.159. The number of carboxylic acid groups (broad SMARTS) is 1. The number of hydrogen-bond donors (Lipinski definition) is 2. The highest BCUT2D eigenvalue weighted by Crippen LogP contribution is 2.21. The molecule has 0 aromatic heterocycles. The molecule has 0 aliphatic heterocycles. The first-order valence-electron chi connectivity index (χ1n) is 13.0. The van der Waals surface area contributed by atoms with E-state index in [1.165, 1.54) is 5.56 Å². The zero-order valence-electron chi connectivity index (χ0n) is 23.2. The summed E-state index contributed by atoms with van der Waals surface area (Å²) in [4.78, 5) is 52.6. The van der Waals surface area contributed by atoms with Crippen LogP contribution < -0.4 is 15.0 Å². The van der Waals surface area contributed by atoms with Gasteiger partial charge in [-0.3, -0.25) is 14.4 Å². The largest absolute Gasteiger partial charge is 0.497 e. The van der Waals surface area contributed by atoms with Gasteiger partial charge in [-0.25, -0.2) is 0 Å². The lowest BCUT2D eigenvalue weighted by Gasteiger charge is -2.22. The molecule has 0 bridgehead atoms. The third kappa shape index (κ3) is 12.7. The minimum Gasteiger partial charge on any atom is -0.497 e. The number of esters is 1. The molecule has 11 heteroatoms. The molecule has 0 spiro atoms. The summed E-state index contributed by atoms with van der Waals surface area (Å²) < 4.78 is 16.8. The molecule has 2 aromatic carbocycles. The SMILES string of the molecule is COc1ccc(CCc2ccccc2OCC(CN(C)C)OC(=O)CCC(=O)ON[C@H](C=O)CCC(=O)O)cc1. The summed E-state index contributed by atoms with van der Waals surface area (Å²) in [6.45, 7) is 0.538. The molecule has 2 atom stereocenters. The molecule has 0 aliphatic carbocycles. The molecular weight excluding hydrogens is 520 g/mol. The van der Waals surface area contributed by atoms with Crippen molar-refractivity contribution in [2.24, 2.45) is 0 Å². The second-order valence-corrected chi connectivity index (χ2v) is 9.41. The molecule has 2 aromatic rings. The Balaban J connectivity index is 1.85. The van der Waals surface area contributed by atoms with E-state index >= 15 is 0 Å². The average Bonchev–Trinajstić information content (AvgIpc) is 2.94. The number of aldehydes is 1. The third-order valence-electron chi connectivity index (χ3n) is 5.80.